The SMILES string of the molecule is CC(=O)c1ccc(F)c(OC(N)=O)c1. The van der Waals surface area contributed by atoms with Gasteiger partial charge in [0.25, 0.3) is 0 Å². The molecular formula is C9H8FNO3. The number of hydrogen-bond acceptors (Lipinski definition) is 3. The first kappa shape index (κ1) is 10.2. The van der Waals surface area contributed by atoms with Gasteiger partial charge >= 0.3 is 6.09 Å². The van der Waals surface area contributed by atoms with Crippen LogP contribution in [0, 0.1) is 5.82 Å². The predicted molar refractivity (Wildman–Crippen MR) is 46.6 cm³/mol. The van der Waals surface area contributed by atoms with Crippen LogP contribution in [-0.4, -0.2) is 11.9 Å². The summed E-state index contributed by atoms with van der Waals surface area (Å²) in [5.41, 5.74) is 4.96. The lowest BCUT2D eigenvalue weighted by Crippen LogP contribution is -2.17. The van der Waals surface area contributed by atoms with Crippen molar-refractivity contribution in [2.75, 3.05) is 0 Å². The first-order chi connectivity index (χ1) is 6.50. The summed E-state index contributed by atoms with van der Waals surface area (Å²) in [5.74, 6) is -1.33. The van der Waals surface area contributed by atoms with Crippen LogP contribution in [0.3, 0.4) is 0 Å². The molecule has 1 rings (SSSR count). The molecule has 0 aliphatic rings. The molecule has 0 bridgehead atoms. The van der Waals surface area contributed by atoms with Crippen LogP contribution in [0.4, 0.5) is 9.18 Å². The molecule has 1 aromatic rings. The van der Waals surface area contributed by atoms with Gasteiger partial charge in [-0.25, -0.2) is 9.18 Å². The number of rotatable bonds is 2. The molecule has 0 aromatic heterocycles. The Morgan fingerprint density at radius 2 is 2.07 bits per heavy atom. The van der Waals surface area contributed by atoms with Crippen LogP contribution in [0.2, 0.25) is 0 Å². The Morgan fingerprint density at radius 1 is 1.43 bits per heavy atom. The van der Waals surface area contributed by atoms with E-state index >= 15 is 0 Å². The van der Waals surface area contributed by atoms with E-state index in [0.717, 1.165) is 12.1 Å². The quantitative estimate of drug-likeness (QED) is 0.730. The average Bonchev–Trinajstić information content (AvgIpc) is 2.07. The van der Waals surface area contributed by atoms with Gasteiger partial charge in [0, 0.05) is 5.56 Å². The fourth-order valence-corrected chi connectivity index (χ4v) is 0.909. The summed E-state index contributed by atoms with van der Waals surface area (Å²) < 4.78 is 17.3. The Bertz CT molecular complexity index is 390. The molecule has 0 fully saturated rings. The number of halogens is 1. The lowest BCUT2D eigenvalue weighted by Gasteiger charge is -2.03. The van der Waals surface area contributed by atoms with E-state index in [1.54, 1.807) is 0 Å². The normalized spacial score (nSPS) is 9.57. The Balaban J connectivity index is 3.08. The second-order valence-electron chi connectivity index (χ2n) is 2.62. The third kappa shape index (κ3) is 2.29. The number of amides is 1. The highest BCUT2D eigenvalue weighted by atomic mass is 19.1. The van der Waals surface area contributed by atoms with Crippen LogP contribution >= 0.6 is 0 Å². The molecule has 0 saturated heterocycles. The lowest BCUT2D eigenvalue weighted by molar-refractivity contribution is 0.101. The standard InChI is InChI=1S/C9H8FNO3/c1-5(12)6-2-3-7(10)8(4-6)14-9(11)13/h2-4H,1H3,(H2,11,13). The number of ether oxygens (including phenoxy) is 1. The molecular weight excluding hydrogens is 189 g/mol. The number of primary amides is 1. The molecule has 74 valence electrons. The van der Waals surface area contributed by atoms with E-state index in [4.69, 9.17) is 5.73 Å². The fraction of sp³-hybridized carbons (Fsp3) is 0.111. The van der Waals surface area contributed by atoms with Gasteiger partial charge in [-0.3, -0.25) is 4.79 Å². The monoisotopic (exact) mass is 197 g/mol. The summed E-state index contributed by atoms with van der Waals surface area (Å²) in [4.78, 5) is 21.3. The largest absolute Gasteiger partial charge is 0.410 e. The minimum Gasteiger partial charge on any atom is -0.407 e. The predicted octanol–water partition coefficient (Wildman–Crippen LogP) is 1.49. The molecule has 4 nitrogen and oxygen atoms in total. The van der Waals surface area contributed by atoms with E-state index < -0.39 is 11.9 Å². The maximum absolute atomic E-state index is 12.9. The highest BCUT2D eigenvalue weighted by molar-refractivity contribution is 5.94. The van der Waals surface area contributed by atoms with Gasteiger partial charge in [0.2, 0.25) is 0 Å². The number of ketones is 1. The lowest BCUT2D eigenvalue weighted by atomic mass is 10.1. The third-order valence-electron chi connectivity index (χ3n) is 1.55. The zero-order chi connectivity index (χ0) is 10.7. The van der Waals surface area contributed by atoms with Crippen LogP contribution in [0.5, 0.6) is 5.75 Å². The van der Waals surface area contributed by atoms with Crippen molar-refractivity contribution in [2.45, 2.75) is 6.92 Å². The molecule has 2 N–H and O–H groups in total. The Kier molecular flexibility index (Phi) is 2.81. The van der Waals surface area contributed by atoms with Crippen molar-refractivity contribution in [1.29, 1.82) is 0 Å². The second-order valence-corrected chi connectivity index (χ2v) is 2.62. The molecule has 14 heavy (non-hydrogen) atoms. The van der Waals surface area contributed by atoms with Crippen molar-refractivity contribution in [1.82, 2.24) is 0 Å². The molecule has 0 radical (unpaired) electrons. The molecule has 0 heterocycles. The molecule has 0 unspecified atom stereocenters. The van der Waals surface area contributed by atoms with Gasteiger partial charge in [0.05, 0.1) is 0 Å². The number of carbonyl (C=O) groups excluding carboxylic acids is 2. The zero-order valence-corrected chi connectivity index (χ0v) is 7.41. The van der Waals surface area contributed by atoms with Gasteiger partial charge in [0.1, 0.15) is 0 Å². The highest BCUT2D eigenvalue weighted by Gasteiger charge is 2.09. The summed E-state index contributed by atoms with van der Waals surface area (Å²) in [6, 6.07) is 3.46. The van der Waals surface area contributed by atoms with Gasteiger partial charge in [-0.1, -0.05) is 0 Å². The van der Waals surface area contributed by atoms with Crippen LogP contribution in [-0.2, 0) is 0 Å². The van der Waals surface area contributed by atoms with Crippen molar-refractivity contribution < 1.29 is 18.7 Å². The molecule has 1 amide bonds. The van der Waals surface area contributed by atoms with E-state index in [9.17, 15) is 14.0 Å². The van der Waals surface area contributed by atoms with Crippen molar-refractivity contribution in [3.05, 3.63) is 29.6 Å². The number of benzene rings is 1. The Labute approximate surface area is 79.5 Å². The van der Waals surface area contributed by atoms with Crippen molar-refractivity contribution >= 4 is 11.9 Å². The van der Waals surface area contributed by atoms with E-state index in [1.165, 1.54) is 13.0 Å². The van der Waals surface area contributed by atoms with E-state index in [0.29, 0.717) is 0 Å². The van der Waals surface area contributed by atoms with Gasteiger partial charge < -0.3 is 10.5 Å². The summed E-state index contributed by atoms with van der Waals surface area (Å²) in [7, 11) is 0. The van der Waals surface area contributed by atoms with Gasteiger partial charge in [0.15, 0.2) is 17.3 Å². The summed E-state index contributed by atoms with van der Waals surface area (Å²) in [6.45, 7) is 1.32. The van der Waals surface area contributed by atoms with Crippen LogP contribution in [0.1, 0.15) is 17.3 Å². The highest BCUT2D eigenvalue weighted by Crippen LogP contribution is 2.18. The van der Waals surface area contributed by atoms with Gasteiger partial charge in [-0.05, 0) is 25.1 Å². The summed E-state index contributed by atoms with van der Waals surface area (Å²) in [6.07, 6.45) is -1.12. The zero-order valence-electron chi connectivity index (χ0n) is 7.41. The van der Waals surface area contributed by atoms with Crippen LogP contribution in [0.25, 0.3) is 0 Å². The second kappa shape index (κ2) is 3.87. The summed E-state index contributed by atoms with van der Waals surface area (Å²) >= 11 is 0. The molecule has 5 heteroatoms. The molecule has 0 saturated carbocycles. The minimum absolute atomic E-state index is 0.251. The number of carbonyl (C=O) groups is 2. The maximum Gasteiger partial charge on any atom is 0.410 e. The van der Waals surface area contributed by atoms with Gasteiger partial charge in [-0.2, -0.15) is 0 Å². The molecule has 0 spiro atoms. The number of nitrogens with two attached hydrogens (primary N) is 1. The van der Waals surface area contributed by atoms with E-state index in [1.807, 2.05) is 0 Å². The minimum atomic E-state index is -1.12. The van der Waals surface area contributed by atoms with Crippen molar-refractivity contribution in [2.24, 2.45) is 5.73 Å². The maximum atomic E-state index is 12.9. The topological polar surface area (TPSA) is 69.4 Å². The summed E-state index contributed by atoms with van der Waals surface area (Å²) in [5, 5.41) is 0. The first-order valence-electron chi connectivity index (χ1n) is 3.78. The molecule has 0 aliphatic heterocycles. The Hall–Kier alpha value is -1.91. The molecule has 0 atom stereocenters. The number of hydrogen-bond donors (Lipinski definition) is 1. The van der Waals surface area contributed by atoms with Crippen LogP contribution in [0.15, 0.2) is 18.2 Å². The first-order valence-corrected chi connectivity index (χ1v) is 3.78. The van der Waals surface area contributed by atoms with E-state index in [2.05, 4.69) is 4.74 Å². The smallest absolute Gasteiger partial charge is 0.407 e. The van der Waals surface area contributed by atoms with Gasteiger partial charge in [-0.15, -0.1) is 0 Å². The molecule has 1 aromatic carbocycles. The Morgan fingerprint density at radius 3 is 2.57 bits per heavy atom. The fourth-order valence-electron chi connectivity index (χ4n) is 0.909. The average molecular weight is 197 g/mol. The molecule has 0 aliphatic carbocycles. The third-order valence-corrected chi connectivity index (χ3v) is 1.55. The number of Topliss-reactive ketones (excluding diaryl/α,β-unsaturated/α-hetero) is 1. The van der Waals surface area contributed by atoms with Crippen LogP contribution < -0.4 is 10.5 Å². The van der Waals surface area contributed by atoms with Crippen molar-refractivity contribution in [3.63, 3.8) is 0 Å². The van der Waals surface area contributed by atoms with E-state index in [-0.39, 0.29) is 17.1 Å². The van der Waals surface area contributed by atoms with Crippen molar-refractivity contribution in [3.8, 4) is 5.75 Å².